The number of aromatic nitrogens is 2. The van der Waals surface area contributed by atoms with Crippen LogP contribution in [0, 0.1) is 5.82 Å². The predicted molar refractivity (Wildman–Crippen MR) is 74.5 cm³/mol. The minimum atomic E-state index is -0.266. The van der Waals surface area contributed by atoms with Crippen molar-refractivity contribution in [1.29, 1.82) is 0 Å². The van der Waals surface area contributed by atoms with Gasteiger partial charge in [0.15, 0.2) is 5.75 Å². The highest BCUT2D eigenvalue weighted by Gasteiger charge is 2.15. The van der Waals surface area contributed by atoms with E-state index in [2.05, 4.69) is 10.4 Å². The number of nitrogens with zero attached hydrogens (tertiary/aromatic N) is 2. The monoisotopic (exact) mass is 275 g/mol. The fourth-order valence-corrected chi connectivity index (χ4v) is 2.44. The highest BCUT2D eigenvalue weighted by Crippen LogP contribution is 2.23. The summed E-state index contributed by atoms with van der Waals surface area (Å²) < 4.78 is 20.5. The molecule has 1 aliphatic rings. The Kier molecular flexibility index (Phi) is 3.97. The second kappa shape index (κ2) is 6.05. The maximum Gasteiger partial charge on any atom is 0.165 e. The largest absolute Gasteiger partial charge is 0.454 e. The van der Waals surface area contributed by atoms with Gasteiger partial charge in [-0.05, 0) is 43.7 Å². The number of halogens is 1. The Bertz CT molecular complexity index is 545. The zero-order valence-corrected chi connectivity index (χ0v) is 11.3. The Hall–Kier alpha value is -1.88. The predicted octanol–water partition coefficient (Wildman–Crippen LogP) is 3.13. The molecule has 5 heteroatoms. The molecule has 3 rings (SSSR count). The molecule has 0 saturated carbocycles. The number of hydrogen-bond donors (Lipinski definition) is 1. The van der Waals surface area contributed by atoms with E-state index in [1.807, 2.05) is 10.9 Å². The van der Waals surface area contributed by atoms with Crippen molar-refractivity contribution in [1.82, 2.24) is 15.1 Å². The van der Waals surface area contributed by atoms with Crippen LogP contribution in [0.15, 0.2) is 36.7 Å². The third-order valence-electron chi connectivity index (χ3n) is 3.52. The molecule has 1 aromatic heterocycles. The molecule has 1 unspecified atom stereocenters. The highest BCUT2D eigenvalue weighted by atomic mass is 19.1. The van der Waals surface area contributed by atoms with Crippen LogP contribution in [0.5, 0.6) is 11.5 Å². The van der Waals surface area contributed by atoms with E-state index < -0.39 is 0 Å². The summed E-state index contributed by atoms with van der Waals surface area (Å²) in [6, 6.07) is 6.37. The summed E-state index contributed by atoms with van der Waals surface area (Å²) in [4.78, 5) is 0. The number of rotatable bonds is 3. The molecule has 0 amide bonds. The van der Waals surface area contributed by atoms with Gasteiger partial charge in [-0.15, -0.1) is 0 Å². The van der Waals surface area contributed by atoms with Gasteiger partial charge in [0.2, 0.25) is 0 Å². The standard InChI is InChI=1S/C15H18FN3O/c16-12-4-6-14(7-5-12)20-15-10-18-19(11-15)13-3-1-2-8-17-9-13/h4-7,10-11,13,17H,1-3,8-9H2. The van der Waals surface area contributed by atoms with Gasteiger partial charge in [-0.3, -0.25) is 4.68 Å². The van der Waals surface area contributed by atoms with Crippen molar-refractivity contribution in [2.24, 2.45) is 0 Å². The first-order valence-electron chi connectivity index (χ1n) is 6.99. The van der Waals surface area contributed by atoms with E-state index in [-0.39, 0.29) is 5.82 Å². The van der Waals surface area contributed by atoms with Crippen molar-refractivity contribution in [3.05, 3.63) is 42.5 Å². The maximum absolute atomic E-state index is 12.8. The van der Waals surface area contributed by atoms with Crippen LogP contribution in [0.1, 0.15) is 25.3 Å². The van der Waals surface area contributed by atoms with Crippen molar-refractivity contribution in [3.8, 4) is 11.5 Å². The first-order valence-corrected chi connectivity index (χ1v) is 6.99. The van der Waals surface area contributed by atoms with Gasteiger partial charge < -0.3 is 10.1 Å². The lowest BCUT2D eigenvalue weighted by atomic mass is 10.1. The van der Waals surface area contributed by atoms with Gasteiger partial charge in [-0.2, -0.15) is 5.10 Å². The SMILES string of the molecule is Fc1ccc(Oc2cnn(C3CCCCNC3)c2)cc1. The first-order chi connectivity index (χ1) is 9.81. The van der Waals surface area contributed by atoms with Gasteiger partial charge in [0.05, 0.1) is 18.4 Å². The quantitative estimate of drug-likeness (QED) is 0.935. The fraction of sp³-hybridized carbons (Fsp3) is 0.400. The summed E-state index contributed by atoms with van der Waals surface area (Å²) in [5.74, 6) is 1.03. The van der Waals surface area contributed by atoms with E-state index in [1.165, 1.54) is 25.0 Å². The molecule has 0 aliphatic carbocycles. The van der Waals surface area contributed by atoms with Gasteiger partial charge in [0.25, 0.3) is 0 Å². The molecule has 106 valence electrons. The van der Waals surface area contributed by atoms with E-state index in [0.29, 0.717) is 17.5 Å². The summed E-state index contributed by atoms with van der Waals surface area (Å²) in [6.07, 6.45) is 7.17. The molecule has 4 nitrogen and oxygen atoms in total. The average Bonchev–Trinajstić information content (AvgIpc) is 2.74. The Morgan fingerprint density at radius 1 is 1.20 bits per heavy atom. The molecule has 1 fully saturated rings. The molecule has 1 saturated heterocycles. The zero-order valence-electron chi connectivity index (χ0n) is 11.3. The van der Waals surface area contributed by atoms with Crippen molar-refractivity contribution in [2.75, 3.05) is 13.1 Å². The van der Waals surface area contributed by atoms with Crippen molar-refractivity contribution in [2.45, 2.75) is 25.3 Å². The molecular weight excluding hydrogens is 257 g/mol. The molecule has 0 radical (unpaired) electrons. The maximum atomic E-state index is 12.8. The molecule has 2 heterocycles. The number of hydrogen-bond acceptors (Lipinski definition) is 3. The molecule has 1 atom stereocenters. The van der Waals surface area contributed by atoms with Gasteiger partial charge in [-0.25, -0.2) is 4.39 Å². The van der Waals surface area contributed by atoms with Crippen LogP contribution in [0.2, 0.25) is 0 Å². The number of benzene rings is 1. The van der Waals surface area contributed by atoms with Crippen LogP contribution in [0.25, 0.3) is 0 Å². The average molecular weight is 275 g/mol. The Morgan fingerprint density at radius 3 is 2.90 bits per heavy atom. The first kappa shape index (κ1) is 13.1. The minimum Gasteiger partial charge on any atom is -0.454 e. The summed E-state index contributed by atoms with van der Waals surface area (Å²) in [5.41, 5.74) is 0. The van der Waals surface area contributed by atoms with Gasteiger partial charge in [0, 0.05) is 6.54 Å². The molecule has 1 aromatic carbocycles. The molecule has 1 aliphatic heterocycles. The van der Waals surface area contributed by atoms with Crippen molar-refractivity contribution < 1.29 is 9.13 Å². The van der Waals surface area contributed by atoms with E-state index in [0.717, 1.165) is 19.5 Å². The van der Waals surface area contributed by atoms with Crippen LogP contribution in [0.4, 0.5) is 4.39 Å². The second-order valence-corrected chi connectivity index (χ2v) is 5.07. The zero-order chi connectivity index (χ0) is 13.8. The highest BCUT2D eigenvalue weighted by molar-refractivity contribution is 5.28. The second-order valence-electron chi connectivity index (χ2n) is 5.07. The number of ether oxygens (including phenoxy) is 1. The molecule has 1 N–H and O–H groups in total. The van der Waals surface area contributed by atoms with E-state index in [1.54, 1.807) is 18.3 Å². The smallest absolute Gasteiger partial charge is 0.165 e. The summed E-state index contributed by atoms with van der Waals surface area (Å²) >= 11 is 0. The van der Waals surface area contributed by atoms with Crippen LogP contribution in [-0.4, -0.2) is 22.9 Å². The summed E-state index contributed by atoms with van der Waals surface area (Å²) in [7, 11) is 0. The molecular formula is C15H18FN3O. The minimum absolute atomic E-state index is 0.266. The summed E-state index contributed by atoms with van der Waals surface area (Å²) in [6.45, 7) is 2.02. The van der Waals surface area contributed by atoms with Gasteiger partial charge >= 0.3 is 0 Å². The summed E-state index contributed by atoms with van der Waals surface area (Å²) in [5, 5.41) is 7.79. The van der Waals surface area contributed by atoms with E-state index >= 15 is 0 Å². The lowest BCUT2D eigenvalue weighted by Crippen LogP contribution is -2.23. The molecule has 0 bridgehead atoms. The lowest BCUT2D eigenvalue weighted by Gasteiger charge is -2.14. The lowest BCUT2D eigenvalue weighted by molar-refractivity contribution is 0.418. The normalized spacial score (nSPS) is 19.6. The van der Waals surface area contributed by atoms with Crippen molar-refractivity contribution in [3.63, 3.8) is 0 Å². The Morgan fingerprint density at radius 2 is 2.05 bits per heavy atom. The van der Waals surface area contributed by atoms with E-state index in [4.69, 9.17) is 4.74 Å². The van der Waals surface area contributed by atoms with Gasteiger partial charge in [0.1, 0.15) is 11.6 Å². The van der Waals surface area contributed by atoms with Crippen LogP contribution < -0.4 is 10.1 Å². The van der Waals surface area contributed by atoms with Crippen molar-refractivity contribution >= 4 is 0 Å². The topological polar surface area (TPSA) is 39.1 Å². The molecule has 0 spiro atoms. The third kappa shape index (κ3) is 3.17. The Balaban J connectivity index is 1.68. The molecule has 2 aromatic rings. The van der Waals surface area contributed by atoms with Crippen LogP contribution in [-0.2, 0) is 0 Å². The van der Waals surface area contributed by atoms with E-state index in [9.17, 15) is 4.39 Å². The molecule has 20 heavy (non-hydrogen) atoms. The Labute approximate surface area is 117 Å². The third-order valence-corrected chi connectivity index (χ3v) is 3.52. The van der Waals surface area contributed by atoms with Gasteiger partial charge in [-0.1, -0.05) is 6.42 Å². The van der Waals surface area contributed by atoms with Crippen LogP contribution in [0.3, 0.4) is 0 Å². The van der Waals surface area contributed by atoms with Crippen LogP contribution >= 0.6 is 0 Å². The fourth-order valence-electron chi connectivity index (χ4n) is 2.44. The number of nitrogens with one attached hydrogen (secondary N) is 1.